The van der Waals surface area contributed by atoms with Crippen LogP contribution in [0.2, 0.25) is 0 Å². The van der Waals surface area contributed by atoms with E-state index >= 15 is 0 Å². The molecule has 1 aromatic heterocycles. The fraction of sp³-hybridized carbons (Fsp3) is 0.500. The first-order valence-corrected chi connectivity index (χ1v) is 6.84. The van der Waals surface area contributed by atoms with Crippen LogP contribution in [0.25, 0.3) is 0 Å². The molecule has 0 bridgehead atoms. The third-order valence-electron chi connectivity index (χ3n) is 1.83. The molecule has 0 amide bonds. The van der Waals surface area contributed by atoms with Crippen molar-refractivity contribution in [2.75, 3.05) is 0 Å². The molecule has 0 spiro atoms. The van der Waals surface area contributed by atoms with Crippen molar-refractivity contribution < 1.29 is 8.42 Å². The smallest absolute Gasteiger partial charge is 0.228 e. The van der Waals surface area contributed by atoms with Crippen LogP contribution in [0.1, 0.15) is 19.0 Å². The van der Waals surface area contributed by atoms with Gasteiger partial charge in [-0.25, -0.2) is 18.1 Å². The minimum absolute atomic E-state index is 0.143. The average Bonchev–Trinajstić information content (AvgIpc) is 2.69. The van der Waals surface area contributed by atoms with Crippen LogP contribution in [0.5, 0.6) is 0 Å². The molecule has 0 aliphatic heterocycles. The fourth-order valence-electron chi connectivity index (χ4n) is 0.980. The van der Waals surface area contributed by atoms with Crippen LogP contribution in [-0.4, -0.2) is 18.7 Å². The number of nitrogens with one attached hydrogen (secondary N) is 1. The zero-order valence-electron chi connectivity index (χ0n) is 8.17. The molecule has 1 N–H and O–H groups in total. The number of thiazole rings is 1. The number of nitrogens with zero attached hydrogens (tertiary/aromatic N) is 2. The van der Waals surface area contributed by atoms with E-state index in [9.17, 15) is 8.42 Å². The highest BCUT2D eigenvalue weighted by Gasteiger charge is 2.22. The first kappa shape index (κ1) is 12.1. The quantitative estimate of drug-likeness (QED) is 0.834. The van der Waals surface area contributed by atoms with Gasteiger partial charge in [0.25, 0.3) is 0 Å². The Morgan fingerprint density at radius 1 is 1.73 bits per heavy atom. The van der Waals surface area contributed by atoms with E-state index in [1.807, 2.05) is 0 Å². The molecule has 1 rings (SSSR count). The zero-order chi connectivity index (χ0) is 11.3. The highest BCUT2D eigenvalue weighted by atomic mass is 32.2. The standard InChI is InChI=1S/C8H11N3O2S2/c1-2-8(3-9)15(12,13)11-4-7-5-14-6-10-7/h5-6,8,11H,2,4H2,1H3. The molecule has 1 aromatic rings. The van der Waals surface area contributed by atoms with E-state index in [1.54, 1.807) is 23.9 Å². The van der Waals surface area contributed by atoms with Crippen LogP contribution >= 0.6 is 11.3 Å². The molecule has 1 unspecified atom stereocenters. The lowest BCUT2D eigenvalue weighted by atomic mass is 10.4. The average molecular weight is 245 g/mol. The minimum atomic E-state index is -3.55. The van der Waals surface area contributed by atoms with Crippen molar-refractivity contribution in [2.45, 2.75) is 25.1 Å². The summed E-state index contributed by atoms with van der Waals surface area (Å²) in [5.74, 6) is 0. The minimum Gasteiger partial charge on any atom is -0.248 e. The summed E-state index contributed by atoms with van der Waals surface area (Å²) in [6.07, 6.45) is 0.281. The summed E-state index contributed by atoms with van der Waals surface area (Å²) < 4.78 is 25.4. The van der Waals surface area contributed by atoms with Crippen LogP contribution < -0.4 is 4.72 Å². The molecule has 7 heteroatoms. The molecule has 0 saturated heterocycles. The second-order valence-electron chi connectivity index (χ2n) is 2.87. The molecular weight excluding hydrogens is 234 g/mol. The lowest BCUT2D eigenvalue weighted by molar-refractivity contribution is 0.571. The Labute approximate surface area is 92.8 Å². The van der Waals surface area contributed by atoms with Crippen molar-refractivity contribution in [1.82, 2.24) is 9.71 Å². The first-order valence-electron chi connectivity index (χ1n) is 4.35. The summed E-state index contributed by atoms with van der Waals surface area (Å²) in [6, 6.07) is 1.75. The van der Waals surface area contributed by atoms with Gasteiger partial charge in [-0.15, -0.1) is 11.3 Å². The Hall–Kier alpha value is -0.970. The summed E-state index contributed by atoms with van der Waals surface area (Å²) in [5, 5.41) is 9.41. The van der Waals surface area contributed by atoms with Crippen LogP contribution in [0.4, 0.5) is 0 Å². The van der Waals surface area contributed by atoms with Crippen molar-refractivity contribution in [3.8, 4) is 6.07 Å². The number of aromatic nitrogens is 1. The summed E-state index contributed by atoms with van der Waals surface area (Å²) in [5.41, 5.74) is 2.29. The monoisotopic (exact) mass is 245 g/mol. The third-order valence-corrected chi connectivity index (χ3v) is 4.20. The number of nitriles is 1. The maximum absolute atomic E-state index is 11.5. The van der Waals surface area contributed by atoms with Gasteiger partial charge in [0, 0.05) is 5.38 Å². The number of sulfonamides is 1. The molecule has 0 aliphatic rings. The Morgan fingerprint density at radius 2 is 2.47 bits per heavy atom. The van der Waals surface area contributed by atoms with E-state index in [1.165, 1.54) is 11.3 Å². The van der Waals surface area contributed by atoms with E-state index in [2.05, 4.69) is 9.71 Å². The van der Waals surface area contributed by atoms with Gasteiger partial charge in [0.15, 0.2) is 5.25 Å². The summed E-state index contributed by atoms with van der Waals surface area (Å²) in [7, 11) is -3.55. The van der Waals surface area contributed by atoms with Gasteiger partial charge in [-0.1, -0.05) is 6.92 Å². The maximum Gasteiger partial charge on any atom is 0.228 e. The number of hydrogen-bond acceptors (Lipinski definition) is 5. The van der Waals surface area contributed by atoms with Gasteiger partial charge in [-0.2, -0.15) is 5.26 Å². The van der Waals surface area contributed by atoms with E-state index in [4.69, 9.17) is 5.26 Å². The normalized spacial score (nSPS) is 13.3. The highest BCUT2D eigenvalue weighted by molar-refractivity contribution is 7.90. The molecule has 5 nitrogen and oxygen atoms in total. The Kier molecular flexibility index (Phi) is 4.20. The predicted octanol–water partition coefficient (Wildman–Crippen LogP) is 0.865. The van der Waals surface area contributed by atoms with Gasteiger partial charge < -0.3 is 0 Å². The molecule has 15 heavy (non-hydrogen) atoms. The second-order valence-corrected chi connectivity index (χ2v) is 5.54. The summed E-state index contributed by atoms with van der Waals surface area (Å²) >= 11 is 1.40. The Morgan fingerprint density at radius 3 is 2.93 bits per heavy atom. The number of hydrogen-bond donors (Lipinski definition) is 1. The van der Waals surface area contributed by atoms with Gasteiger partial charge in [-0.3, -0.25) is 0 Å². The Bertz CT molecular complexity index is 433. The molecule has 0 aliphatic carbocycles. The van der Waals surface area contributed by atoms with Gasteiger partial charge in [0.1, 0.15) is 0 Å². The number of rotatable bonds is 5. The van der Waals surface area contributed by atoms with Gasteiger partial charge in [0.05, 0.1) is 23.8 Å². The first-order chi connectivity index (χ1) is 7.10. The molecule has 0 fully saturated rings. The van der Waals surface area contributed by atoms with Crippen molar-refractivity contribution in [2.24, 2.45) is 0 Å². The lowest BCUT2D eigenvalue weighted by Crippen LogP contribution is -2.32. The SMILES string of the molecule is CCC(C#N)S(=O)(=O)NCc1cscn1. The van der Waals surface area contributed by atoms with E-state index in [0.29, 0.717) is 5.69 Å². The lowest BCUT2D eigenvalue weighted by Gasteiger charge is -2.08. The molecule has 1 heterocycles. The van der Waals surface area contributed by atoms with Crippen LogP contribution in [0.3, 0.4) is 0 Å². The summed E-state index contributed by atoms with van der Waals surface area (Å²) in [4.78, 5) is 3.94. The van der Waals surface area contributed by atoms with Gasteiger partial charge in [-0.05, 0) is 6.42 Å². The van der Waals surface area contributed by atoms with Gasteiger partial charge in [0.2, 0.25) is 10.0 Å². The molecule has 0 saturated carbocycles. The molecule has 0 aromatic carbocycles. The van der Waals surface area contributed by atoms with Crippen molar-refractivity contribution >= 4 is 21.4 Å². The van der Waals surface area contributed by atoms with E-state index in [-0.39, 0.29) is 13.0 Å². The fourth-order valence-corrected chi connectivity index (χ4v) is 2.67. The van der Waals surface area contributed by atoms with Crippen molar-refractivity contribution in [3.05, 3.63) is 16.6 Å². The third kappa shape index (κ3) is 3.27. The molecular formula is C8H11N3O2S2. The Balaban J connectivity index is 2.62. The predicted molar refractivity (Wildman–Crippen MR) is 57.6 cm³/mol. The van der Waals surface area contributed by atoms with Crippen LogP contribution in [0, 0.1) is 11.3 Å². The van der Waals surface area contributed by atoms with Gasteiger partial charge >= 0.3 is 0 Å². The zero-order valence-corrected chi connectivity index (χ0v) is 9.81. The second kappa shape index (κ2) is 5.21. The highest BCUT2D eigenvalue weighted by Crippen LogP contribution is 2.05. The topological polar surface area (TPSA) is 82.8 Å². The molecule has 0 radical (unpaired) electrons. The maximum atomic E-state index is 11.5. The van der Waals surface area contributed by atoms with E-state index < -0.39 is 15.3 Å². The summed E-state index contributed by atoms with van der Waals surface area (Å²) in [6.45, 7) is 1.81. The van der Waals surface area contributed by atoms with E-state index in [0.717, 1.165) is 0 Å². The van der Waals surface area contributed by atoms with Crippen LogP contribution in [0.15, 0.2) is 10.9 Å². The molecule has 82 valence electrons. The molecule has 1 atom stereocenters. The van der Waals surface area contributed by atoms with Crippen molar-refractivity contribution in [3.63, 3.8) is 0 Å². The van der Waals surface area contributed by atoms with Crippen molar-refractivity contribution in [1.29, 1.82) is 5.26 Å². The largest absolute Gasteiger partial charge is 0.248 e. The van der Waals surface area contributed by atoms with Crippen LogP contribution in [-0.2, 0) is 16.6 Å².